The number of likely N-dealkylation sites (tertiary alicyclic amines) is 1. The van der Waals surface area contributed by atoms with Crippen LogP contribution in [0.2, 0.25) is 0 Å². The first kappa shape index (κ1) is 16.7. The lowest BCUT2D eigenvalue weighted by Crippen LogP contribution is -2.73. The van der Waals surface area contributed by atoms with Crippen molar-refractivity contribution in [1.82, 2.24) is 29.4 Å². The summed E-state index contributed by atoms with van der Waals surface area (Å²) in [5, 5.41) is 0. The summed E-state index contributed by atoms with van der Waals surface area (Å²) in [5.41, 5.74) is -3.45. The standard InChI is InChI=1S/C15H20N6O6/c1-16(2)4-3-5-17-10(22)14-15(11(17)23)20-8-27-9-21(15)13(25)19(14)7-26-6-18(14)12(20)24/h3-9H2,1-2H3. The Labute approximate surface area is 154 Å². The lowest BCUT2D eigenvalue weighted by molar-refractivity contribution is -0.190. The van der Waals surface area contributed by atoms with E-state index in [1.165, 1.54) is 24.5 Å². The van der Waals surface area contributed by atoms with E-state index in [1.54, 1.807) is 0 Å². The fourth-order valence-corrected chi connectivity index (χ4v) is 4.91. The van der Waals surface area contributed by atoms with Crippen LogP contribution in [0.4, 0.5) is 9.59 Å². The van der Waals surface area contributed by atoms with Gasteiger partial charge in [0.25, 0.3) is 23.1 Å². The minimum atomic E-state index is -1.72. The molecule has 0 bridgehead atoms. The van der Waals surface area contributed by atoms with Crippen LogP contribution in [0.5, 0.6) is 0 Å². The first-order chi connectivity index (χ1) is 12.9. The first-order valence-electron chi connectivity index (χ1n) is 8.75. The Morgan fingerprint density at radius 3 is 1.59 bits per heavy atom. The topological polar surface area (TPSA) is 106 Å². The number of nitrogens with zero attached hydrogens (tertiary/aromatic N) is 6. The highest BCUT2D eigenvalue weighted by molar-refractivity contribution is 6.22. The molecule has 5 heterocycles. The average molecular weight is 380 g/mol. The highest BCUT2D eigenvalue weighted by Gasteiger charge is 2.91. The predicted octanol–water partition coefficient (Wildman–Crippen LogP) is -1.93. The molecule has 0 saturated carbocycles. The number of hydrogen-bond donors (Lipinski definition) is 0. The molecule has 146 valence electrons. The van der Waals surface area contributed by atoms with Gasteiger partial charge in [-0.1, -0.05) is 0 Å². The van der Waals surface area contributed by atoms with Gasteiger partial charge in [-0.05, 0) is 27.1 Å². The van der Waals surface area contributed by atoms with Gasteiger partial charge in [-0.3, -0.25) is 34.1 Å². The molecular formula is C15H20N6O6. The molecule has 0 radical (unpaired) electrons. The number of imide groups is 1. The van der Waals surface area contributed by atoms with Crippen molar-refractivity contribution in [2.75, 3.05) is 54.1 Å². The molecule has 0 atom stereocenters. The summed E-state index contributed by atoms with van der Waals surface area (Å²) in [7, 11) is 3.81. The van der Waals surface area contributed by atoms with Gasteiger partial charge in [0.1, 0.15) is 26.9 Å². The van der Waals surface area contributed by atoms with Crippen LogP contribution >= 0.6 is 0 Å². The predicted molar refractivity (Wildman–Crippen MR) is 85.1 cm³/mol. The molecule has 5 fully saturated rings. The monoisotopic (exact) mass is 380 g/mol. The summed E-state index contributed by atoms with van der Waals surface area (Å²) < 4.78 is 10.8. The number of carbonyl (C=O) groups excluding carboxylic acids is 4. The van der Waals surface area contributed by atoms with Crippen LogP contribution < -0.4 is 0 Å². The molecule has 0 aliphatic carbocycles. The van der Waals surface area contributed by atoms with Gasteiger partial charge in [0.05, 0.1) is 0 Å². The van der Waals surface area contributed by atoms with E-state index in [0.29, 0.717) is 13.0 Å². The Morgan fingerprint density at radius 1 is 0.815 bits per heavy atom. The third-order valence-electron chi connectivity index (χ3n) is 5.93. The maximum absolute atomic E-state index is 13.6. The Morgan fingerprint density at radius 2 is 1.22 bits per heavy atom. The van der Waals surface area contributed by atoms with Crippen molar-refractivity contribution in [2.45, 2.75) is 17.7 Å². The molecule has 0 unspecified atom stereocenters. The van der Waals surface area contributed by atoms with Crippen molar-refractivity contribution in [3.05, 3.63) is 0 Å². The normalized spacial score (nSPS) is 34.4. The Hall–Kier alpha value is -2.44. The molecule has 0 aromatic carbocycles. The van der Waals surface area contributed by atoms with Gasteiger partial charge in [-0.25, -0.2) is 9.59 Å². The summed E-state index contributed by atoms with van der Waals surface area (Å²) in [6, 6.07) is -1.10. The van der Waals surface area contributed by atoms with Gasteiger partial charge in [0.15, 0.2) is 0 Å². The van der Waals surface area contributed by atoms with E-state index in [-0.39, 0.29) is 33.5 Å². The molecule has 12 heteroatoms. The molecule has 5 aliphatic rings. The number of amides is 6. The van der Waals surface area contributed by atoms with Crippen molar-refractivity contribution in [3.8, 4) is 0 Å². The fraction of sp³-hybridized carbons (Fsp3) is 0.733. The lowest BCUT2D eigenvalue weighted by Gasteiger charge is -2.43. The summed E-state index contributed by atoms with van der Waals surface area (Å²) in [5.74, 6) is -1.11. The summed E-state index contributed by atoms with van der Waals surface area (Å²) in [4.78, 5) is 60.9. The fourth-order valence-electron chi connectivity index (χ4n) is 4.91. The number of ether oxygens (including phenoxy) is 2. The quantitative estimate of drug-likeness (QED) is 0.523. The number of urea groups is 2. The van der Waals surface area contributed by atoms with Gasteiger partial charge in [0.2, 0.25) is 0 Å². The maximum atomic E-state index is 13.6. The third-order valence-corrected chi connectivity index (χ3v) is 5.93. The lowest BCUT2D eigenvalue weighted by atomic mass is 9.94. The van der Waals surface area contributed by atoms with Crippen LogP contribution in [0, 0.1) is 0 Å². The van der Waals surface area contributed by atoms with E-state index in [9.17, 15) is 19.2 Å². The molecule has 0 aromatic rings. The number of hydrogen-bond acceptors (Lipinski definition) is 7. The second kappa shape index (κ2) is 5.09. The van der Waals surface area contributed by atoms with Gasteiger partial charge < -0.3 is 14.4 Å². The molecule has 5 rings (SSSR count). The maximum Gasteiger partial charge on any atom is 0.328 e. The smallest absolute Gasteiger partial charge is 0.328 e. The molecule has 12 nitrogen and oxygen atoms in total. The highest BCUT2D eigenvalue weighted by Crippen LogP contribution is 2.58. The van der Waals surface area contributed by atoms with E-state index >= 15 is 0 Å². The van der Waals surface area contributed by atoms with E-state index in [2.05, 4.69) is 0 Å². The Kier molecular flexibility index (Phi) is 3.15. The molecule has 27 heavy (non-hydrogen) atoms. The summed E-state index contributed by atoms with van der Waals surface area (Å²) >= 11 is 0. The largest absolute Gasteiger partial charge is 0.340 e. The van der Waals surface area contributed by atoms with E-state index in [4.69, 9.17) is 9.47 Å². The second-order valence-electron chi connectivity index (χ2n) is 7.47. The molecule has 5 aliphatic heterocycles. The van der Waals surface area contributed by atoms with Crippen LogP contribution in [-0.4, -0.2) is 119 Å². The number of rotatable bonds is 4. The van der Waals surface area contributed by atoms with Crippen LogP contribution in [-0.2, 0) is 19.1 Å². The Balaban J connectivity index is 1.65. The zero-order valence-corrected chi connectivity index (χ0v) is 15.1. The van der Waals surface area contributed by atoms with Crippen LogP contribution in [0.15, 0.2) is 0 Å². The summed E-state index contributed by atoms with van der Waals surface area (Å²) in [6.07, 6.45) is 0.589. The van der Waals surface area contributed by atoms with Gasteiger partial charge >= 0.3 is 12.1 Å². The van der Waals surface area contributed by atoms with Crippen molar-refractivity contribution in [1.29, 1.82) is 0 Å². The molecular weight excluding hydrogens is 360 g/mol. The minimum Gasteiger partial charge on any atom is -0.340 e. The number of carbonyl (C=O) groups is 4. The van der Waals surface area contributed by atoms with E-state index in [1.807, 2.05) is 19.0 Å². The van der Waals surface area contributed by atoms with Crippen molar-refractivity contribution < 1.29 is 28.7 Å². The van der Waals surface area contributed by atoms with E-state index < -0.39 is 35.2 Å². The van der Waals surface area contributed by atoms with Crippen molar-refractivity contribution in [2.24, 2.45) is 0 Å². The summed E-state index contributed by atoms with van der Waals surface area (Å²) in [6.45, 7) is 0.242. The molecule has 5 saturated heterocycles. The molecule has 0 N–H and O–H groups in total. The van der Waals surface area contributed by atoms with Crippen LogP contribution in [0.3, 0.4) is 0 Å². The van der Waals surface area contributed by atoms with Crippen LogP contribution in [0.1, 0.15) is 6.42 Å². The molecule has 0 aromatic heterocycles. The van der Waals surface area contributed by atoms with Gasteiger partial charge in [-0.2, -0.15) is 0 Å². The third kappa shape index (κ3) is 1.53. The van der Waals surface area contributed by atoms with Gasteiger partial charge in [-0.15, -0.1) is 0 Å². The average Bonchev–Trinajstić information content (AvgIpc) is 3.11. The highest BCUT2D eigenvalue weighted by atomic mass is 16.5. The molecule has 2 spiro atoms. The van der Waals surface area contributed by atoms with E-state index in [0.717, 1.165) is 0 Å². The van der Waals surface area contributed by atoms with Crippen molar-refractivity contribution >= 4 is 23.9 Å². The Bertz CT molecular complexity index is 686. The first-order valence-corrected chi connectivity index (χ1v) is 8.75. The van der Waals surface area contributed by atoms with Crippen molar-refractivity contribution in [3.63, 3.8) is 0 Å². The SMILES string of the molecule is CN(C)CCCN1C(=O)C23N4COCN2C(=O)N2COCN(C4=O)C23C1=O. The molecule has 6 amide bonds. The van der Waals surface area contributed by atoms with Gasteiger partial charge in [0, 0.05) is 6.54 Å². The minimum absolute atomic E-state index is 0.167. The zero-order chi connectivity index (χ0) is 19.1. The van der Waals surface area contributed by atoms with Crippen LogP contribution in [0.25, 0.3) is 0 Å². The second-order valence-corrected chi connectivity index (χ2v) is 7.47. The zero-order valence-electron chi connectivity index (χ0n) is 15.1.